The van der Waals surface area contributed by atoms with Gasteiger partial charge >= 0.3 is 0 Å². The first-order valence-electron chi connectivity index (χ1n) is 7.12. The molecular formula is C14H27N3O2S. The summed E-state index contributed by atoms with van der Waals surface area (Å²) in [6, 6.07) is 1.77. The fourth-order valence-electron chi connectivity index (χ4n) is 2.03. The monoisotopic (exact) mass is 301 g/mol. The molecule has 0 saturated carbocycles. The van der Waals surface area contributed by atoms with Crippen molar-refractivity contribution >= 4 is 10.0 Å². The lowest BCUT2D eigenvalue weighted by Gasteiger charge is -2.17. The molecule has 5 nitrogen and oxygen atoms in total. The van der Waals surface area contributed by atoms with Crippen molar-refractivity contribution in [2.24, 2.45) is 5.92 Å². The second-order valence-electron chi connectivity index (χ2n) is 5.49. The van der Waals surface area contributed by atoms with Gasteiger partial charge in [-0.05, 0) is 32.4 Å². The highest BCUT2D eigenvalue weighted by Crippen LogP contribution is 2.19. The van der Waals surface area contributed by atoms with Crippen LogP contribution >= 0.6 is 0 Å². The molecule has 1 rings (SSSR count). The van der Waals surface area contributed by atoms with Crippen molar-refractivity contribution in [1.29, 1.82) is 0 Å². The summed E-state index contributed by atoms with van der Waals surface area (Å²) in [6.45, 7) is 8.19. The highest BCUT2D eigenvalue weighted by atomic mass is 32.2. The number of aromatic nitrogens is 1. The lowest BCUT2D eigenvalue weighted by molar-refractivity contribution is 0.428. The van der Waals surface area contributed by atoms with Crippen LogP contribution in [0.4, 0.5) is 0 Å². The van der Waals surface area contributed by atoms with Crippen LogP contribution in [-0.2, 0) is 23.1 Å². The minimum atomic E-state index is -3.38. The van der Waals surface area contributed by atoms with Crippen LogP contribution in [0.2, 0.25) is 0 Å². The molecule has 1 aromatic heterocycles. The van der Waals surface area contributed by atoms with E-state index in [2.05, 4.69) is 19.2 Å². The third-order valence-electron chi connectivity index (χ3n) is 3.39. The Kier molecular flexibility index (Phi) is 6.23. The van der Waals surface area contributed by atoms with Gasteiger partial charge < -0.3 is 9.88 Å². The number of aryl methyl sites for hydroxylation is 1. The molecular weight excluding hydrogens is 274 g/mol. The first kappa shape index (κ1) is 17.2. The Morgan fingerprint density at radius 2 is 2.05 bits per heavy atom. The molecule has 0 radical (unpaired) electrons. The van der Waals surface area contributed by atoms with Crippen LogP contribution in [0.25, 0.3) is 0 Å². The van der Waals surface area contributed by atoms with E-state index in [1.807, 2.05) is 18.5 Å². The summed E-state index contributed by atoms with van der Waals surface area (Å²) in [5.74, 6) is 0.493. The standard InChI is InChI=1S/C14H27N3O2S/c1-6-17-11-14(9-13(17)10-15-4)20(18,19)16(5)8-7-12(2)3/h9,11-12,15H,6-8,10H2,1-5H3. The molecule has 0 aliphatic carbocycles. The molecule has 0 amide bonds. The number of sulfonamides is 1. The summed E-state index contributed by atoms with van der Waals surface area (Å²) < 4.78 is 28.5. The van der Waals surface area contributed by atoms with Gasteiger partial charge in [0.15, 0.2) is 0 Å². The van der Waals surface area contributed by atoms with Crippen LogP contribution in [0.15, 0.2) is 17.2 Å². The predicted octanol–water partition coefficient (Wildman–Crippen LogP) is 1.89. The van der Waals surface area contributed by atoms with Gasteiger partial charge in [0, 0.05) is 38.6 Å². The Bertz CT molecular complexity index is 521. The predicted molar refractivity (Wildman–Crippen MR) is 82.1 cm³/mol. The molecule has 6 heteroatoms. The summed E-state index contributed by atoms with van der Waals surface area (Å²) in [4.78, 5) is 0.385. The van der Waals surface area contributed by atoms with Crippen molar-refractivity contribution in [1.82, 2.24) is 14.2 Å². The van der Waals surface area contributed by atoms with E-state index in [9.17, 15) is 8.42 Å². The Morgan fingerprint density at radius 1 is 1.40 bits per heavy atom. The van der Waals surface area contributed by atoms with E-state index < -0.39 is 10.0 Å². The maximum absolute atomic E-state index is 12.5. The van der Waals surface area contributed by atoms with Crippen molar-refractivity contribution in [3.8, 4) is 0 Å². The number of nitrogens with one attached hydrogen (secondary N) is 1. The lowest BCUT2D eigenvalue weighted by atomic mass is 10.1. The Labute approximate surface area is 123 Å². The van der Waals surface area contributed by atoms with Crippen molar-refractivity contribution in [3.63, 3.8) is 0 Å². The molecule has 0 spiro atoms. The fraction of sp³-hybridized carbons (Fsp3) is 0.714. The van der Waals surface area contributed by atoms with Gasteiger partial charge in [0.25, 0.3) is 0 Å². The summed E-state index contributed by atoms with van der Waals surface area (Å²) in [5.41, 5.74) is 0.992. The quantitative estimate of drug-likeness (QED) is 0.798. The SMILES string of the molecule is CCn1cc(S(=O)(=O)N(C)CCC(C)C)cc1CNC. The van der Waals surface area contributed by atoms with Crippen LogP contribution in [0.3, 0.4) is 0 Å². The van der Waals surface area contributed by atoms with Crippen molar-refractivity contribution in [2.75, 3.05) is 20.6 Å². The summed E-state index contributed by atoms with van der Waals surface area (Å²) in [6.07, 6.45) is 2.60. The summed E-state index contributed by atoms with van der Waals surface area (Å²) in [7, 11) is 0.129. The molecule has 0 aromatic carbocycles. The third kappa shape index (κ3) is 4.07. The number of rotatable bonds is 8. The molecule has 116 valence electrons. The van der Waals surface area contributed by atoms with Gasteiger partial charge in [-0.15, -0.1) is 0 Å². The fourth-order valence-corrected chi connectivity index (χ4v) is 3.28. The van der Waals surface area contributed by atoms with E-state index in [-0.39, 0.29) is 0 Å². The molecule has 0 aliphatic rings. The Hall–Kier alpha value is -0.850. The number of nitrogens with zero attached hydrogens (tertiary/aromatic N) is 2. The van der Waals surface area contributed by atoms with E-state index in [0.29, 0.717) is 23.9 Å². The molecule has 20 heavy (non-hydrogen) atoms. The Balaban J connectivity index is 2.97. The van der Waals surface area contributed by atoms with E-state index >= 15 is 0 Å². The molecule has 1 aromatic rings. The van der Waals surface area contributed by atoms with Crippen LogP contribution in [0.1, 0.15) is 32.9 Å². The minimum absolute atomic E-state index is 0.385. The molecule has 0 bridgehead atoms. The van der Waals surface area contributed by atoms with Gasteiger partial charge in [0.2, 0.25) is 10.0 Å². The zero-order chi connectivity index (χ0) is 15.3. The van der Waals surface area contributed by atoms with E-state index in [4.69, 9.17) is 0 Å². The van der Waals surface area contributed by atoms with Crippen LogP contribution in [-0.4, -0.2) is 37.9 Å². The van der Waals surface area contributed by atoms with Gasteiger partial charge in [-0.25, -0.2) is 12.7 Å². The van der Waals surface area contributed by atoms with E-state index in [0.717, 1.165) is 18.7 Å². The molecule has 1 N–H and O–H groups in total. The lowest BCUT2D eigenvalue weighted by Crippen LogP contribution is -2.28. The second-order valence-corrected chi connectivity index (χ2v) is 7.54. The molecule has 0 atom stereocenters. The second kappa shape index (κ2) is 7.24. The summed E-state index contributed by atoms with van der Waals surface area (Å²) in [5, 5.41) is 3.06. The average Bonchev–Trinajstić information content (AvgIpc) is 2.80. The van der Waals surface area contributed by atoms with E-state index in [1.54, 1.807) is 19.3 Å². The number of hydrogen-bond donors (Lipinski definition) is 1. The van der Waals surface area contributed by atoms with Gasteiger partial charge in [-0.1, -0.05) is 13.8 Å². The first-order valence-corrected chi connectivity index (χ1v) is 8.56. The van der Waals surface area contributed by atoms with Gasteiger partial charge in [0.1, 0.15) is 4.90 Å². The minimum Gasteiger partial charge on any atom is -0.349 e. The normalized spacial score (nSPS) is 12.6. The van der Waals surface area contributed by atoms with Gasteiger partial charge in [-0.3, -0.25) is 0 Å². The zero-order valence-corrected chi connectivity index (χ0v) is 14.0. The van der Waals surface area contributed by atoms with Crippen molar-refractivity contribution in [2.45, 2.75) is 45.2 Å². The van der Waals surface area contributed by atoms with Gasteiger partial charge in [0.05, 0.1) is 0 Å². The summed E-state index contributed by atoms with van der Waals surface area (Å²) >= 11 is 0. The Morgan fingerprint density at radius 3 is 2.55 bits per heavy atom. The number of hydrogen-bond acceptors (Lipinski definition) is 3. The van der Waals surface area contributed by atoms with Crippen molar-refractivity contribution in [3.05, 3.63) is 18.0 Å². The topological polar surface area (TPSA) is 54.3 Å². The maximum atomic E-state index is 12.5. The zero-order valence-electron chi connectivity index (χ0n) is 13.2. The molecule has 0 saturated heterocycles. The third-order valence-corrected chi connectivity index (χ3v) is 5.21. The molecule has 0 aliphatic heterocycles. The van der Waals surface area contributed by atoms with Gasteiger partial charge in [-0.2, -0.15) is 0 Å². The molecule has 0 fully saturated rings. The van der Waals surface area contributed by atoms with Crippen molar-refractivity contribution < 1.29 is 8.42 Å². The highest BCUT2D eigenvalue weighted by Gasteiger charge is 2.23. The van der Waals surface area contributed by atoms with Crippen LogP contribution in [0.5, 0.6) is 0 Å². The molecule has 1 heterocycles. The largest absolute Gasteiger partial charge is 0.349 e. The first-order chi connectivity index (χ1) is 9.32. The average molecular weight is 301 g/mol. The smallest absolute Gasteiger partial charge is 0.244 e. The van der Waals surface area contributed by atoms with Crippen LogP contribution in [0, 0.1) is 5.92 Å². The van der Waals surface area contributed by atoms with E-state index in [1.165, 1.54) is 4.31 Å². The molecule has 0 unspecified atom stereocenters. The van der Waals surface area contributed by atoms with Crippen LogP contribution < -0.4 is 5.32 Å². The maximum Gasteiger partial charge on any atom is 0.244 e. The highest BCUT2D eigenvalue weighted by molar-refractivity contribution is 7.89.